The Morgan fingerprint density at radius 3 is 2.52 bits per heavy atom. The van der Waals surface area contributed by atoms with E-state index >= 15 is 0 Å². The topological polar surface area (TPSA) is 35.0 Å². The molecule has 0 amide bonds. The summed E-state index contributed by atoms with van der Waals surface area (Å²) in [5.74, 6) is 0.917. The van der Waals surface area contributed by atoms with Crippen LogP contribution in [0.3, 0.4) is 0 Å². The fourth-order valence-electron chi connectivity index (χ4n) is 2.31. The molecule has 0 aliphatic heterocycles. The lowest BCUT2D eigenvalue weighted by molar-refractivity contribution is 0.411. The summed E-state index contributed by atoms with van der Waals surface area (Å²) in [6.07, 6.45) is 3.58. The first-order chi connectivity index (χ1) is 10.2. The largest absolute Gasteiger partial charge is 0.496 e. The lowest BCUT2D eigenvalue weighted by atomic mass is 10.0. The molecule has 2 heterocycles. The van der Waals surface area contributed by atoms with E-state index in [-0.39, 0.29) is 0 Å². The Hall–Kier alpha value is -2.20. The van der Waals surface area contributed by atoms with Gasteiger partial charge in [0, 0.05) is 28.9 Å². The van der Waals surface area contributed by atoms with E-state index in [2.05, 4.69) is 36.3 Å². The molecule has 0 aliphatic carbocycles. The van der Waals surface area contributed by atoms with Crippen molar-refractivity contribution >= 4 is 11.3 Å². The molecule has 4 heteroatoms. The molecule has 0 saturated carbocycles. The summed E-state index contributed by atoms with van der Waals surface area (Å²) >= 11 is 1.65. The zero-order valence-corrected chi connectivity index (χ0v) is 13.1. The summed E-state index contributed by atoms with van der Waals surface area (Å²) in [5, 5.41) is 3.12. The second kappa shape index (κ2) is 5.66. The number of rotatable bonds is 3. The van der Waals surface area contributed by atoms with Crippen LogP contribution in [0, 0.1) is 13.8 Å². The maximum atomic E-state index is 5.37. The average molecular weight is 296 g/mol. The van der Waals surface area contributed by atoms with E-state index in [1.807, 2.05) is 12.1 Å². The summed E-state index contributed by atoms with van der Waals surface area (Å²) in [6.45, 7) is 4.14. The van der Waals surface area contributed by atoms with Crippen LogP contribution in [0.1, 0.15) is 11.1 Å². The minimum atomic E-state index is 0.917. The van der Waals surface area contributed by atoms with Crippen LogP contribution >= 0.6 is 11.3 Å². The van der Waals surface area contributed by atoms with Gasteiger partial charge in [0.25, 0.3) is 0 Å². The van der Waals surface area contributed by atoms with Crippen LogP contribution < -0.4 is 4.74 Å². The molecule has 0 saturated heterocycles. The number of aryl methyl sites for hydroxylation is 2. The highest BCUT2D eigenvalue weighted by Crippen LogP contribution is 2.33. The fourth-order valence-corrected chi connectivity index (χ4v) is 3.14. The van der Waals surface area contributed by atoms with Gasteiger partial charge < -0.3 is 4.74 Å². The van der Waals surface area contributed by atoms with Crippen molar-refractivity contribution in [2.75, 3.05) is 7.11 Å². The Balaban J connectivity index is 2.03. The van der Waals surface area contributed by atoms with Crippen molar-refractivity contribution in [3.8, 4) is 27.6 Å². The molecule has 106 valence electrons. The highest BCUT2D eigenvalue weighted by molar-refractivity contribution is 7.13. The highest BCUT2D eigenvalue weighted by Gasteiger charge is 2.11. The molecule has 0 N–H and O–H groups in total. The molecular weight excluding hydrogens is 280 g/mol. The Morgan fingerprint density at radius 2 is 1.81 bits per heavy atom. The van der Waals surface area contributed by atoms with Crippen LogP contribution in [0.25, 0.3) is 21.8 Å². The van der Waals surface area contributed by atoms with Crippen molar-refractivity contribution in [3.05, 3.63) is 53.2 Å². The number of thiazole rings is 1. The Morgan fingerprint density at radius 1 is 1.05 bits per heavy atom. The normalized spacial score (nSPS) is 10.6. The lowest BCUT2D eigenvalue weighted by Gasteiger charge is -2.09. The predicted molar refractivity (Wildman–Crippen MR) is 86.8 cm³/mol. The van der Waals surface area contributed by atoms with Gasteiger partial charge in [0.15, 0.2) is 0 Å². The third kappa shape index (κ3) is 2.67. The molecule has 1 aromatic carbocycles. The van der Waals surface area contributed by atoms with E-state index < -0.39 is 0 Å². The number of hydrogen-bond acceptors (Lipinski definition) is 4. The molecule has 2 aromatic heterocycles. The number of pyridine rings is 1. The minimum absolute atomic E-state index is 0.917. The molecule has 3 nitrogen and oxygen atoms in total. The second-order valence-corrected chi connectivity index (χ2v) is 5.77. The molecule has 0 unspecified atom stereocenters. The number of hydrogen-bond donors (Lipinski definition) is 0. The Kier molecular flexibility index (Phi) is 3.71. The minimum Gasteiger partial charge on any atom is -0.496 e. The first-order valence-electron chi connectivity index (χ1n) is 6.70. The summed E-state index contributed by atoms with van der Waals surface area (Å²) in [7, 11) is 1.70. The number of benzene rings is 1. The van der Waals surface area contributed by atoms with Crippen LogP contribution in [0.2, 0.25) is 0 Å². The van der Waals surface area contributed by atoms with Crippen molar-refractivity contribution in [3.63, 3.8) is 0 Å². The van der Waals surface area contributed by atoms with Gasteiger partial charge >= 0.3 is 0 Å². The van der Waals surface area contributed by atoms with Gasteiger partial charge in [-0.15, -0.1) is 11.3 Å². The monoisotopic (exact) mass is 296 g/mol. The van der Waals surface area contributed by atoms with Crippen LogP contribution in [0.5, 0.6) is 5.75 Å². The highest BCUT2D eigenvalue weighted by atomic mass is 32.1. The van der Waals surface area contributed by atoms with E-state index in [0.717, 1.165) is 33.1 Å². The van der Waals surface area contributed by atoms with Crippen LogP contribution in [0.4, 0.5) is 0 Å². The van der Waals surface area contributed by atoms with Crippen LogP contribution in [-0.4, -0.2) is 17.1 Å². The maximum Gasteiger partial charge on any atom is 0.124 e. The van der Waals surface area contributed by atoms with Gasteiger partial charge in [-0.2, -0.15) is 0 Å². The third-order valence-corrected chi connectivity index (χ3v) is 4.34. The predicted octanol–water partition coefficient (Wildman–Crippen LogP) is 4.50. The third-order valence-electron chi connectivity index (χ3n) is 3.45. The lowest BCUT2D eigenvalue weighted by Crippen LogP contribution is -1.91. The van der Waals surface area contributed by atoms with E-state index in [9.17, 15) is 0 Å². The van der Waals surface area contributed by atoms with Gasteiger partial charge in [-0.05, 0) is 49.2 Å². The van der Waals surface area contributed by atoms with Gasteiger partial charge in [-0.25, -0.2) is 4.98 Å². The van der Waals surface area contributed by atoms with Crippen molar-refractivity contribution in [1.29, 1.82) is 0 Å². The zero-order valence-electron chi connectivity index (χ0n) is 12.3. The summed E-state index contributed by atoms with van der Waals surface area (Å²) in [4.78, 5) is 8.80. The first-order valence-corrected chi connectivity index (χ1v) is 7.58. The SMILES string of the molecule is COc1cc(C)c(-c2csc(-c3ccncc3)n2)cc1C. The molecule has 0 radical (unpaired) electrons. The summed E-state index contributed by atoms with van der Waals surface area (Å²) in [6, 6.07) is 8.17. The molecule has 0 bridgehead atoms. The van der Waals surface area contributed by atoms with E-state index in [4.69, 9.17) is 9.72 Å². The number of nitrogens with zero attached hydrogens (tertiary/aromatic N) is 2. The second-order valence-electron chi connectivity index (χ2n) is 4.91. The first kappa shape index (κ1) is 13.8. The maximum absolute atomic E-state index is 5.37. The van der Waals surface area contributed by atoms with Crippen molar-refractivity contribution in [2.24, 2.45) is 0 Å². The van der Waals surface area contributed by atoms with Gasteiger partial charge in [-0.3, -0.25) is 4.98 Å². The smallest absolute Gasteiger partial charge is 0.124 e. The Labute approximate surface area is 128 Å². The van der Waals surface area contributed by atoms with Crippen molar-refractivity contribution in [1.82, 2.24) is 9.97 Å². The van der Waals surface area contributed by atoms with Gasteiger partial charge in [-0.1, -0.05) is 0 Å². The van der Waals surface area contributed by atoms with E-state index in [1.165, 1.54) is 5.56 Å². The number of methoxy groups -OCH3 is 1. The standard InChI is InChI=1S/C17H16N2OS/c1-11-9-16(20-3)12(2)8-14(11)15-10-21-17(19-15)13-4-6-18-7-5-13/h4-10H,1-3H3. The molecule has 0 aliphatic rings. The molecule has 3 aromatic rings. The Bertz CT molecular complexity index is 766. The molecule has 0 atom stereocenters. The molecule has 0 spiro atoms. The van der Waals surface area contributed by atoms with E-state index in [1.54, 1.807) is 30.8 Å². The average Bonchev–Trinajstić information content (AvgIpc) is 2.99. The van der Waals surface area contributed by atoms with E-state index in [0.29, 0.717) is 0 Å². The van der Waals surface area contributed by atoms with Crippen molar-refractivity contribution < 1.29 is 4.74 Å². The van der Waals surface area contributed by atoms with Crippen LogP contribution in [-0.2, 0) is 0 Å². The zero-order chi connectivity index (χ0) is 14.8. The molecular formula is C17H16N2OS. The molecule has 21 heavy (non-hydrogen) atoms. The fraction of sp³-hybridized carbons (Fsp3) is 0.176. The summed E-state index contributed by atoms with van der Waals surface area (Å²) < 4.78 is 5.37. The van der Waals surface area contributed by atoms with Gasteiger partial charge in [0.2, 0.25) is 0 Å². The molecule has 0 fully saturated rings. The van der Waals surface area contributed by atoms with Gasteiger partial charge in [0.05, 0.1) is 12.8 Å². The van der Waals surface area contributed by atoms with Crippen molar-refractivity contribution in [2.45, 2.75) is 13.8 Å². The van der Waals surface area contributed by atoms with Crippen LogP contribution in [0.15, 0.2) is 42.0 Å². The number of aromatic nitrogens is 2. The quantitative estimate of drug-likeness (QED) is 0.714. The number of ether oxygens (including phenoxy) is 1. The summed E-state index contributed by atoms with van der Waals surface area (Å²) in [5.41, 5.74) is 5.56. The van der Waals surface area contributed by atoms with Gasteiger partial charge in [0.1, 0.15) is 10.8 Å². The molecule has 3 rings (SSSR count).